The van der Waals surface area contributed by atoms with Gasteiger partial charge in [0.2, 0.25) is 0 Å². The number of halogens is 1. The second kappa shape index (κ2) is 9.59. The molecule has 0 unspecified atom stereocenters. The highest BCUT2D eigenvalue weighted by Crippen LogP contribution is 2.32. The minimum atomic E-state index is -0.569. The molecule has 33 heavy (non-hydrogen) atoms. The first-order valence-corrected chi connectivity index (χ1v) is 10.3. The van der Waals surface area contributed by atoms with Gasteiger partial charge in [0.1, 0.15) is 17.4 Å². The van der Waals surface area contributed by atoms with Crippen molar-refractivity contribution in [1.82, 2.24) is 4.57 Å². The number of nitriles is 1. The molecule has 9 heteroatoms. The molecule has 2 aromatic carbocycles. The number of nitrogens with zero attached hydrogens (tertiary/aromatic N) is 3. The number of aromatic nitrogens is 1. The van der Waals surface area contributed by atoms with Crippen LogP contribution in [0.5, 0.6) is 5.75 Å². The Hall–Kier alpha value is -4.09. The van der Waals surface area contributed by atoms with Crippen LogP contribution in [0.3, 0.4) is 0 Å². The van der Waals surface area contributed by atoms with Crippen molar-refractivity contribution in [3.8, 4) is 17.5 Å². The van der Waals surface area contributed by atoms with Crippen molar-refractivity contribution in [2.45, 2.75) is 20.8 Å². The number of anilines is 1. The molecule has 0 saturated carbocycles. The molecule has 0 spiro atoms. The molecule has 0 atom stereocenters. The van der Waals surface area contributed by atoms with E-state index in [1.54, 1.807) is 42.7 Å². The van der Waals surface area contributed by atoms with Crippen molar-refractivity contribution in [3.05, 3.63) is 85.7 Å². The van der Waals surface area contributed by atoms with Crippen LogP contribution >= 0.6 is 11.6 Å². The standard InChI is InChI=1S/C24H21ClN4O4/c1-14-10-17(11-18(13-26)24(30)27-21-7-5-6-20(25)15(21)2)16(3)28(14)22-12-19(29(31)32)8-9-23(22)33-4/h5-12H,1-4H3,(H,27,30)/b18-11-. The van der Waals surface area contributed by atoms with Gasteiger partial charge < -0.3 is 14.6 Å². The van der Waals surface area contributed by atoms with Gasteiger partial charge in [-0.25, -0.2) is 0 Å². The van der Waals surface area contributed by atoms with Crippen molar-refractivity contribution >= 4 is 35.0 Å². The third-order valence-corrected chi connectivity index (χ3v) is 5.67. The second-order valence-corrected chi connectivity index (χ2v) is 7.72. The van der Waals surface area contributed by atoms with Gasteiger partial charge in [-0.1, -0.05) is 17.7 Å². The van der Waals surface area contributed by atoms with Crippen molar-refractivity contribution < 1.29 is 14.5 Å². The maximum absolute atomic E-state index is 12.8. The van der Waals surface area contributed by atoms with E-state index in [-0.39, 0.29) is 11.3 Å². The van der Waals surface area contributed by atoms with Crippen LogP contribution in [-0.2, 0) is 4.79 Å². The second-order valence-electron chi connectivity index (χ2n) is 7.31. The number of nitro groups is 1. The largest absolute Gasteiger partial charge is 0.495 e. The molecule has 8 nitrogen and oxygen atoms in total. The van der Waals surface area contributed by atoms with E-state index in [9.17, 15) is 20.2 Å². The van der Waals surface area contributed by atoms with E-state index in [1.807, 2.05) is 13.0 Å². The van der Waals surface area contributed by atoms with Gasteiger partial charge in [0.15, 0.2) is 0 Å². The summed E-state index contributed by atoms with van der Waals surface area (Å²) in [6.45, 7) is 5.39. The fourth-order valence-corrected chi connectivity index (χ4v) is 3.68. The Labute approximate surface area is 195 Å². The van der Waals surface area contributed by atoms with Gasteiger partial charge >= 0.3 is 0 Å². The highest BCUT2D eigenvalue weighted by molar-refractivity contribution is 6.31. The molecule has 0 radical (unpaired) electrons. The first kappa shape index (κ1) is 23.6. The number of carbonyl (C=O) groups excluding carboxylic acids is 1. The number of hydrogen-bond acceptors (Lipinski definition) is 5. The Balaban J connectivity index is 2.03. The molecule has 1 amide bonds. The fraction of sp³-hybridized carbons (Fsp3) is 0.167. The maximum atomic E-state index is 12.8. The molecule has 3 rings (SSSR count). The van der Waals surface area contributed by atoms with E-state index in [0.29, 0.717) is 39.0 Å². The third kappa shape index (κ3) is 4.73. The van der Waals surface area contributed by atoms with Crippen LogP contribution in [0.4, 0.5) is 11.4 Å². The first-order chi connectivity index (χ1) is 15.7. The molecule has 0 fully saturated rings. The van der Waals surface area contributed by atoms with Crippen LogP contribution in [0.2, 0.25) is 5.02 Å². The maximum Gasteiger partial charge on any atom is 0.271 e. The lowest BCUT2D eigenvalue weighted by Gasteiger charge is -2.14. The number of benzene rings is 2. The smallest absolute Gasteiger partial charge is 0.271 e. The van der Waals surface area contributed by atoms with Gasteiger partial charge in [0.25, 0.3) is 11.6 Å². The zero-order valence-corrected chi connectivity index (χ0v) is 19.2. The van der Waals surface area contributed by atoms with Crippen LogP contribution in [0.1, 0.15) is 22.5 Å². The summed E-state index contributed by atoms with van der Waals surface area (Å²) < 4.78 is 7.18. The average Bonchev–Trinajstić information content (AvgIpc) is 3.07. The Bertz CT molecular complexity index is 1330. The van der Waals surface area contributed by atoms with Crippen LogP contribution in [0, 0.1) is 42.2 Å². The molecule has 168 valence electrons. The first-order valence-electron chi connectivity index (χ1n) is 9.88. The van der Waals surface area contributed by atoms with Gasteiger partial charge in [-0.2, -0.15) is 5.26 Å². The van der Waals surface area contributed by atoms with Crippen molar-refractivity contribution in [3.63, 3.8) is 0 Å². The predicted octanol–water partition coefficient (Wildman–Crippen LogP) is 5.52. The molecule has 1 aromatic heterocycles. The molecule has 0 aliphatic carbocycles. The van der Waals surface area contributed by atoms with E-state index < -0.39 is 10.8 Å². The van der Waals surface area contributed by atoms with E-state index >= 15 is 0 Å². The molecule has 0 aliphatic rings. The number of rotatable bonds is 6. The van der Waals surface area contributed by atoms with Crippen LogP contribution in [0.15, 0.2) is 48.0 Å². The number of carbonyl (C=O) groups is 1. The van der Waals surface area contributed by atoms with Gasteiger partial charge in [-0.05, 0) is 62.2 Å². The van der Waals surface area contributed by atoms with Crippen molar-refractivity contribution in [1.29, 1.82) is 5.26 Å². The van der Waals surface area contributed by atoms with Gasteiger partial charge in [0, 0.05) is 34.2 Å². The summed E-state index contributed by atoms with van der Waals surface area (Å²) in [5, 5.41) is 24.1. The number of methoxy groups -OCH3 is 1. The predicted molar refractivity (Wildman–Crippen MR) is 127 cm³/mol. The summed E-state index contributed by atoms with van der Waals surface area (Å²) in [4.78, 5) is 23.6. The number of nitrogens with one attached hydrogen (secondary N) is 1. The van der Waals surface area contributed by atoms with E-state index in [1.165, 1.54) is 31.4 Å². The average molecular weight is 465 g/mol. The normalized spacial score (nSPS) is 11.1. The quantitative estimate of drug-likeness (QED) is 0.223. The molecular weight excluding hydrogens is 444 g/mol. The highest BCUT2D eigenvalue weighted by Gasteiger charge is 2.19. The van der Waals surface area contributed by atoms with Crippen molar-refractivity contribution in [2.24, 2.45) is 0 Å². The number of nitro benzene ring substituents is 1. The summed E-state index contributed by atoms with van der Waals surface area (Å²) in [5.74, 6) is -0.117. The summed E-state index contributed by atoms with van der Waals surface area (Å²) >= 11 is 6.11. The molecule has 0 aliphatic heterocycles. The molecular formula is C24H21ClN4O4. The Kier molecular flexibility index (Phi) is 6.85. The molecule has 3 aromatic rings. The van der Waals surface area contributed by atoms with Crippen LogP contribution in [-0.4, -0.2) is 22.5 Å². The molecule has 1 heterocycles. The lowest BCUT2D eigenvalue weighted by Crippen LogP contribution is -2.14. The number of hydrogen-bond donors (Lipinski definition) is 1. The summed E-state index contributed by atoms with van der Waals surface area (Å²) in [6.07, 6.45) is 1.48. The van der Waals surface area contributed by atoms with Gasteiger partial charge in [-0.15, -0.1) is 0 Å². The SMILES string of the molecule is COc1ccc([N+](=O)[O-])cc1-n1c(C)cc(/C=C(/C#N)C(=O)Nc2cccc(Cl)c2C)c1C. The van der Waals surface area contributed by atoms with Crippen molar-refractivity contribution in [2.75, 3.05) is 12.4 Å². The zero-order valence-electron chi connectivity index (χ0n) is 18.5. The van der Waals surface area contributed by atoms with Crippen LogP contribution in [0.25, 0.3) is 11.8 Å². The lowest BCUT2D eigenvalue weighted by molar-refractivity contribution is -0.384. The summed E-state index contributed by atoms with van der Waals surface area (Å²) in [5.41, 5.74) is 3.58. The zero-order chi connectivity index (χ0) is 24.3. The summed E-state index contributed by atoms with van der Waals surface area (Å²) in [7, 11) is 1.48. The number of non-ortho nitro benzene ring substituents is 1. The Morgan fingerprint density at radius 1 is 1.24 bits per heavy atom. The number of aryl methyl sites for hydroxylation is 1. The topological polar surface area (TPSA) is 110 Å². The van der Waals surface area contributed by atoms with Crippen LogP contribution < -0.4 is 10.1 Å². The van der Waals surface area contributed by atoms with E-state index in [0.717, 1.165) is 5.69 Å². The Morgan fingerprint density at radius 2 is 1.97 bits per heavy atom. The fourth-order valence-electron chi connectivity index (χ4n) is 3.51. The molecule has 1 N–H and O–H groups in total. The molecule has 0 bridgehead atoms. The highest BCUT2D eigenvalue weighted by atomic mass is 35.5. The minimum Gasteiger partial charge on any atom is -0.495 e. The Morgan fingerprint density at radius 3 is 2.61 bits per heavy atom. The minimum absolute atomic E-state index is 0.0793. The third-order valence-electron chi connectivity index (χ3n) is 5.27. The number of amides is 1. The van der Waals surface area contributed by atoms with E-state index in [4.69, 9.17) is 16.3 Å². The van der Waals surface area contributed by atoms with E-state index in [2.05, 4.69) is 5.32 Å². The number of ether oxygens (including phenoxy) is 1. The monoisotopic (exact) mass is 464 g/mol. The van der Waals surface area contributed by atoms with Gasteiger partial charge in [-0.3, -0.25) is 14.9 Å². The van der Waals surface area contributed by atoms with Gasteiger partial charge in [0.05, 0.1) is 17.7 Å². The molecule has 0 saturated heterocycles. The summed E-state index contributed by atoms with van der Waals surface area (Å²) in [6, 6.07) is 13.2. The lowest BCUT2D eigenvalue weighted by atomic mass is 10.1.